The fourth-order valence-corrected chi connectivity index (χ4v) is 7.58. The van der Waals surface area contributed by atoms with E-state index in [1.807, 2.05) is 0 Å². The van der Waals surface area contributed by atoms with Gasteiger partial charge in [-0.3, -0.25) is 5.21 Å². The van der Waals surface area contributed by atoms with Gasteiger partial charge in [-0.15, -0.1) is 0 Å². The van der Waals surface area contributed by atoms with Crippen LogP contribution >= 0.6 is 0 Å². The van der Waals surface area contributed by atoms with Crippen LogP contribution in [0.5, 0.6) is 0 Å². The lowest BCUT2D eigenvalue weighted by molar-refractivity contribution is 0.121. The number of hydrogen-bond acceptors (Lipinski definition) is 9. The van der Waals surface area contributed by atoms with E-state index in [4.69, 9.17) is 0 Å². The van der Waals surface area contributed by atoms with Crippen molar-refractivity contribution in [1.82, 2.24) is 25.6 Å². The number of aromatic nitrogens is 3. The maximum Gasteiger partial charge on any atom is 0.253 e. The smallest absolute Gasteiger partial charge is 0.253 e. The first-order chi connectivity index (χ1) is 17.7. The van der Waals surface area contributed by atoms with Gasteiger partial charge in [0.1, 0.15) is 0 Å². The van der Waals surface area contributed by atoms with E-state index in [9.17, 15) is 5.21 Å². The van der Waals surface area contributed by atoms with Crippen molar-refractivity contribution in [2.75, 3.05) is 29.2 Å². The zero-order valence-electron chi connectivity index (χ0n) is 25.4. The van der Waals surface area contributed by atoms with E-state index in [1.165, 1.54) is 51.4 Å². The maximum absolute atomic E-state index is 9.39. The lowest BCUT2D eigenvalue weighted by Gasteiger charge is -2.46. The Morgan fingerprint density at radius 1 is 0.605 bits per heavy atom. The molecule has 1 aromatic rings. The van der Waals surface area contributed by atoms with Crippen molar-refractivity contribution in [3.8, 4) is 0 Å². The number of nitrogens with one attached hydrogen (secondary N) is 5. The molecule has 0 spiro atoms. The molecule has 3 rings (SSSR count). The molecule has 1 aromatic heterocycles. The van der Waals surface area contributed by atoms with Crippen molar-refractivity contribution in [2.45, 2.75) is 142 Å². The van der Waals surface area contributed by atoms with Gasteiger partial charge in [0, 0.05) is 35.2 Å². The zero-order chi connectivity index (χ0) is 28.0. The first-order valence-electron chi connectivity index (χ1n) is 14.9. The standard InChI is InChI=1S/C29H56N8O/c1-26(2)17-21(18-27(3,4)36-26)13-9-11-15-30-23-32-24(34-25(33-23)35-38)31-16-12-10-14-22-19-28(5,6)37-29(7,8)20-22/h21-22,36-38H,9-20H2,1-8H3,(H3,30,31,32,33,34,35). The summed E-state index contributed by atoms with van der Waals surface area (Å²) in [5, 5.41) is 23.6. The van der Waals surface area contributed by atoms with E-state index in [-0.39, 0.29) is 28.1 Å². The van der Waals surface area contributed by atoms with Crippen molar-refractivity contribution in [2.24, 2.45) is 11.8 Å². The summed E-state index contributed by atoms with van der Waals surface area (Å²) in [6, 6.07) is 0. The van der Waals surface area contributed by atoms with Crippen LogP contribution in [0, 0.1) is 11.8 Å². The highest BCUT2D eigenvalue weighted by Crippen LogP contribution is 2.36. The summed E-state index contributed by atoms with van der Waals surface area (Å²) in [5.74, 6) is 2.65. The van der Waals surface area contributed by atoms with Crippen molar-refractivity contribution in [3.63, 3.8) is 0 Å². The first kappa shape index (κ1) is 30.8. The minimum absolute atomic E-state index is 0.156. The van der Waals surface area contributed by atoms with Crippen LogP contribution in [0.2, 0.25) is 0 Å². The SMILES string of the molecule is CC1(C)CC(CCCCNc2nc(NO)nc(NCCCCC3CC(C)(C)NC(C)(C)C3)n2)CC(C)(C)N1. The molecular formula is C29H56N8O. The molecule has 38 heavy (non-hydrogen) atoms. The number of piperidine rings is 2. The normalized spacial score (nSPS) is 22.7. The second-order valence-corrected chi connectivity index (χ2v) is 14.6. The number of unbranched alkanes of at least 4 members (excludes halogenated alkanes) is 2. The third kappa shape index (κ3) is 10.5. The van der Waals surface area contributed by atoms with Crippen molar-refractivity contribution < 1.29 is 5.21 Å². The molecule has 0 amide bonds. The molecule has 2 saturated heterocycles. The molecule has 0 radical (unpaired) electrons. The minimum atomic E-state index is 0.156. The summed E-state index contributed by atoms with van der Waals surface area (Å²) < 4.78 is 0. The van der Waals surface area contributed by atoms with Crippen LogP contribution in [-0.2, 0) is 0 Å². The predicted molar refractivity (Wildman–Crippen MR) is 158 cm³/mol. The Labute approximate surface area is 231 Å². The summed E-state index contributed by atoms with van der Waals surface area (Å²) in [5.41, 5.74) is 2.88. The Balaban J connectivity index is 1.37. The Morgan fingerprint density at radius 2 is 0.947 bits per heavy atom. The number of nitrogens with zero attached hydrogens (tertiary/aromatic N) is 3. The van der Waals surface area contributed by atoms with Gasteiger partial charge in [0.05, 0.1) is 0 Å². The molecule has 6 N–H and O–H groups in total. The van der Waals surface area contributed by atoms with Gasteiger partial charge >= 0.3 is 0 Å². The molecule has 0 saturated carbocycles. The summed E-state index contributed by atoms with van der Waals surface area (Å²) >= 11 is 0. The van der Waals surface area contributed by atoms with Gasteiger partial charge in [-0.25, -0.2) is 5.48 Å². The van der Waals surface area contributed by atoms with E-state index >= 15 is 0 Å². The molecule has 0 aromatic carbocycles. The Bertz CT molecular complexity index is 787. The summed E-state index contributed by atoms with van der Waals surface area (Å²) in [7, 11) is 0. The zero-order valence-corrected chi connectivity index (χ0v) is 25.4. The fourth-order valence-electron chi connectivity index (χ4n) is 7.58. The van der Waals surface area contributed by atoms with E-state index in [1.54, 1.807) is 0 Å². The topological polar surface area (TPSA) is 119 Å². The molecule has 0 atom stereocenters. The lowest BCUT2D eigenvalue weighted by atomic mass is 9.74. The Kier molecular flexibility index (Phi) is 10.3. The first-order valence-corrected chi connectivity index (χ1v) is 14.9. The minimum Gasteiger partial charge on any atom is -0.354 e. The van der Waals surface area contributed by atoms with Crippen LogP contribution < -0.4 is 26.7 Å². The molecule has 0 unspecified atom stereocenters. The van der Waals surface area contributed by atoms with E-state index in [0.717, 1.165) is 37.8 Å². The van der Waals surface area contributed by atoms with Crippen LogP contribution in [0.3, 0.4) is 0 Å². The molecule has 9 nitrogen and oxygen atoms in total. The Hall–Kier alpha value is -1.71. The van der Waals surface area contributed by atoms with Crippen LogP contribution in [0.15, 0.2) is 0 Å². The molecular weight excluding hydrogens is 476 g/mol. The second-order valence-electron chi connectivity index (χ2n) is 14.6. The van der Waals surface area contributed by atoms with E-state index < -0.39 is 0 Å². The quantitative estimate of drug-likeness (QED) is 0.135. The van der Waals surface area contributed by atoms with Crippen LogP contribution in [0.4, 0.5) is 17.8 Å². The largest absolute Gasteiger partial charge is 0.354 e. The molecule has 0 bridgehead atoms. The third-order valence-electron chi connectivity index (χ3n) is 7.93. The fraction of sp³-hybridized carbons (Fsp3) is 0.897. The second kappa shape index (κ2) is 12.6. The monoisotopic (exact) mass is 532 g/mol. The highest BCUT2D eigenvalue weighted by molar-refractivity contribution is 5.40. The molecule has 218 valence electrons. The number of hydrogen-bond donors (Lipinski definition) is 6. The van der Waals surface area contributed by atoms with Gasteiger partial charge in [0.25, 0.3) is 5.95 Å². The average molecular weight is 533 g/mol. The summed E-state index contributed by atoms with van der Waals surface area (Å²) in [6.45, 7) is 20.1. The molecule has 3 heterocycles. The number of rotatable bonds is 13. The highest BCUT2D eigenvalue weighted by Gasteiger charge is 2.38. The molecule has 2 aliphatic heterocycles. The predicted octanol–water partition coefficient (Wildman–Crippen LogP) is 5.95. The maximum atomic E-state index is 9.39. The molecule has 9 heteroatoms. The Morgan fingerprint density at radius 3 is 1.29 bits per heavy atom. The van der Waals surface area contributed by atoms with Crippen molar-refractivity contribution >= 4 is 17.8 Å². The van der Waals surface area contributed by atoms with Crippen LogP contribution in [-0.4, -0.2) is 55.4 Å². The van der Waals surface area contributed by atoms with E-state index in [2.05, 4.69) is 97.1 Å². The highest BCUT2D eigenvalue weighted by atomic mass is 16.5. The van der Waals surface area contributed by atoms with Crippen LogP contribution in [0.25, 0.3) is 0 Å². The van der Waals surface area contributed by atoms with Gasteiger partial charge in [0.15, 0.2) is 0 Å². The molecule has 0 aliphatic carbocycles. The summed E-state index contributed by atoms with van der Waals surface area (Å²) in [4.78, 5) is 13.0. The third-order valence-corrected chi connectivity index (χ3v) is 7.93. The summed E-state index contributed by atoms with van der Waals surface area (Å²) in [6.07, 6.45) is 11.9. The van der Waals surface area contributed by atoms with E-state index in [0.29, 0.717) is 11.9 Å². The lowest BCUT2D eigenvalue weighted by Crippen LogP contribution is -2.57. The van der Waals surface area contributed by atoms with Gasteiger partial charge < -0.3 is 21.3 Å². The van der Waals surface area contributed by atoms with Gasteiger partial charge in [-0.2, -0.15) is 15.0 Å². The van der Waals surface area contributed by atoms with Crippen LogP contribution in [0.1, 0.15) is 120 Å². The number of anilines is 3. The molecule has 2 fully saturated rings. The molecule has 2 aliphatic rings. The van der Waals surface area contributed by atoms with Gasteiger partial charge in [0.2, 0.25) is 11.9 Å². The van der Waals surface area contributed by atoms with Gasteiger partial charge in [-0.1, -0.05) is 25.7 Å². The van der Waals surface area contributed by atoms with Crippen molar-refractivity contribution in [3.05, 3.63) is 0 Å². The average Bonchev–Trinajstić information content (AvgIpc) is 2.74. The van der Waals surface area contributed by atoms with Crippen molar-refractivity contribution in [1.29, 1.82) is 0 Å². The van der Waals surface area contributed by atoms with Gasteiger partial charge in [-0.05, 0) is 106 Å².